The van der Waals surface area contributed by atoms with Gasteiger partial charge in [-0.15, -0.1) is 12.4 Å². The van der Waals surface area contributed by atoms with Crippen molar-refractivity contribution in [2.24, 2.45) is 5.92 Å². The van der Waals surface area contributed by atoms with E-state index in [4.69, 9.17) is 0 Å². The Morgan fingerprint density at radius 3 is 2.39 bits per heavy atom. The number of carbonyl (C=O) groups excluding carboxylic acids is 1. The summed E-state index contributed by atoms with van der Waals surface area (Å²) in [5, 5.41) is 3.63. The van der Waals surface area contributed by atoms with Crippen molar-refractivity contribution in [1.82, 2.24) is 10.2 Å². The molecule has 1 aromatic rings. The highest BCUT2D eigenvalue weighted by molar-refractivity contribution is 5.85. The molecule has 0 bridgehead atoms. The Bertz CT molecular complexity index is 496. The first kappa shape index (κ1) is 18.2. The van der Waals surface area contributed by atoms with E-state index in [0.717, 1.165) is 44.0 Å². The number of likely N-dealkylation sites (tertiary alicyclic amines) is 1. The van der Waals surface area contributed by atoms with E-state index in [0.29, 0.717) is 18.9 Å². The number of aryl methyl sites for hydroxylation is 1. The molecule has 1 N–H and O–H groups in total. The number of benzene rings is 1. The molecule has 1 aromatic carbocycles. The van der Waals surface area contributed by atoms with Crippen molar-refractivity contribution in [2.75, 3.05) is 19.6 Å². The molecule has 1 aliphatic heterocycles. The molecule has 1 heterocycles. The van der Waals surface area contributed by atoms with Crippen molar-refractivity contribution in [2.45, 2.75) is 44.6 Å². The summed E-state index contributed by atoms with van der Waals surface area (Å²) in [4.78, 5) is 14.2. The van der Waals surface area contributed by atoms with Gasteiger partial charge in [0, 0.05) is 25.6 Å². The molecule has 1 aliphatic carbocycles. The van der Waals surface area contributed by atoms with Gasteiger partial charge in [-0.05, 0) is 62.3 Å². The second kappa shape index (κ2) is 8.65. The zero-order chi connectivity index (χ0) is 15.4. The van der Waals surface area contributed by atoms with Crippen molar-refractivity contribution in [1.29, 1.82) is 0 Å². The van der Waals surface area contributed by atoms with Gasteiger partial charge in [0.05, 0.1) is 0 Å². The number of piperidine rings is 1. The number of nitrogens with one attached hydrogen (secondary N) is 1. The highest BCUT2D eigenvalue weighted by atomic mass is 35.5. The van der Waals surface area contributed by atoms with Crippen molar-refractivity contribution < 1.29 is 9.18 Å². The zero-order valence-electron chi connectivity index (χ0n) is 13.5. The van der Waals surface area contributed by atoms with E-state index in [1.54, 1.807) is 12.1 Å². The fourth-order valence-corrected chi connectivity index (χ4v) is 3.05. The first-order valence-electron chi connectivity index (χ1n) is 8.46. The first-order valence-corrected chi connectivity index (χ1v) is 8.46. The molecule has 0 unspecified atom stereocenters. The third-order valence-corrected chi connectivity index (χ3v) is 4.78. The van der Waals surface area contributed by atoms with E-state index in [1.165, 1.54) is 25.0 Å². The molecule has 0 aromatic heterocycles. The van der Waals surface area contributed by atoms with Crippen LogP contribution in [0.3, 0.4) is 0 Å². The molecule has 0 radical (unpaired) electrons. The quantitative estimate of drug-likeness (QED) is 0.862. The van der Waals surface area contributed by atoms with Gasteiger partial charge in [0.1, 0.15) is 5.82 Å². The van der Waals surface area contributed by atoms with Gasteiger partial charge in [-0.25, -0.2) is 4.39 Å². The van der Waals surface area contributed by atoms with E-state index in [9.17, 15) is 9.18 Å². The molecule has 2 fully saturated rings. The maximum absolute atomic E-state index is 12.8. The summed E-state index contributed by atoms with van der Waals surface area (Å²) in [5.74, 6) is 0.913. The second-order valence-corrected chi connectivity index (χ2v) is 6.63. The van der Waals surface area contributed by atoms with E-state index in [-0.39, 0.29) is 24.1 Å². The summed E-state index contributed by atoms with van der Waals surface area (Å²) in [6.07, 6.45) is 6.11. The molecule has 0 spiro atoms. The second-order valence-electron chi connectivity index (χ2n) is 6.63. The van der Waals surface area contributed by atoms with E-state index >= 15 is 0 Å². The lowest BCUT2D eigenvalue weighted by molar-refractivity contribution is -0.132. The Balaban J connectivity index is 0.00000192. The molecule has 23 heavy (non-hydrogen) atoms. The monoisotopic (exact) mass is 340 g/mol. The van der Waals surface area contributed by atoms with Crippen LogP contribution in [0.1, 0.15) is 37.7 Å². The summed E-state index contributed by atoms with van der Waals surface area (Å²) in [7, 11) is 0. The van der Waals surface area contributed by atoms with Crippen molar-refractivity contribution in [3.05, 3.63) is 35.6 Å². The molecule has 2 aliphatic rings. The summed E-state index contributed by atoms with van der Waals surface area (Å²) in [6, 6.07) is 7.02. The summed E-state index contributed by atoms with van der Waals surface area (Å²) >= 11 is 0. The van der Waals surface area contributed by atoms with E-state index in [1.807, 2.05) is 4.90 Å². The van der Waals surface area contributed by atoms with E-state index < -0.39 is 0 Å². The lowest BCUT2D eigenvalue weighted by Crippen LogP contribution is -2.45. The SMILES string of the molecule is Cl.O=C(CCc1ccc(F)cc1)N1CCC(NCC2CC2)CC1. The van der Waals surface area contributed by atoms with Crippen LogP contribution in [0.2, 0.25) is 0 Å². The Labute approximate surface area is 144 Å². The first-order chi connectivity index (χ1) is 10.7. The fraction of sp³-hybridized carbons (Fsp3) is 0.611. The molecule has 3 rings (SSSR count). The predicted molar refractivity (Wildman–Crippen MR) is 92.3 cm³/mol. The topological polar surface area (TPSA) is 32.3 Å². The number of hydrogen-bond donors (Lipinski definition) is 1. The van der Waals surface area contributed by atoms with Gasteiger partial charge in [0.25, 0.3) is 0 Å². The van der Waals surface area contributed by atoms with Gasteiger partial charge in [-0.1, -0.05) is 12.1 Å². The minimum Gasteiger partial charge on any atom is -0.343 e. The third-order valence-electron chi connectivity index (χ3n) is 4.78. The average molecular weight is 341 g/mol. The molecule has 1 saturated carbocycles. The minimum absolute atomic E-state index is 0. The number of hydrogen-bond acceptors (Lipinski definition) is 2. The van der Waals surface area contributed by atoms with Gasteiger partial charge in [0.15, 0.2) is 0 Å². The summed E-state index contributed by atoms with van der Waals surface area (Å²) < 4.78 is 12.8. The van der Waals surface area contributed by atoms with Crippen LogP contribution in [0.4, 0.5) is 4.39 Å². The predicted octanol–water partition coefficient (Wildman–Crippen LogP) is 3.17. The number of amides is 1. The zero-order valence-corrected chi connectivity index (χ0v) is 14.3. The van der Waals surface area contributed by atoms with Crippen molar-refractivity contribution in [3.63, 3.8) is 0 Å². The number of halogens is 2. The highest BCUT2D eigenvalue weighted by Gasteiger charge is 2.25. The summed E-state index contributed by atoms with van der Waals surface area (Å²) in [6.45, 7) is 2.89. The van der Waals surface area contributed by atoms with Crippen LogP contribution in [-0.2, 0) is 11.2 Å². The van der Waals surface area contributed by atoms with Gasteiger partial charge in [-0.2, -0.15) is 0 Å². The Kier molecular flexibility index (Phi) is 6.85. The molecule has 0 atom stereocenters. The normalized spacial score (nSPS) is 18.6. The molecular formula is C18H26ClFN2O. The fourth-order valence-electron chi connectivity index (χ4n) is 3.05. The molecule has 128 valence electrons. The molecule has 1 saturated heterocycles. The van der Waals surface area contributed by atoms with Crippen LogP contribution >= 0.6 is 12.4 Å². The molecule has 3 nitrogen and oxygen atoms in total. The number of carbonyl (C=O) groups is 1. The lowest BCUT2D eigenvalue weighted by atomic mass is 10.0. The maximum atomic E-state index is 12.8. The number of nitrogens with zero attached hydrogens (tertiary/aromatic N) is 1. The molecule has 5 heteroatoms. The van der Waals surface area contributed by atoms with Crippen molar-refractivity contribution >= 4 is 18.3 Å². The molecule has 1 amide bonds. The van der Waals surface area contributed by atoms with Gasteiger partial charge in [-0.3, -0.25) is 4.79 Å². The molecular weight excluding hydrogens is 315 g/mol. The Morgan fingerprint density at radius 2 is 1.78 bits per heavy atom. The van der Waals surface area contributed by atoms with Crippen LogP contribution < -0.4 is 5.32 Å². The average Bonchev–Trinajstić information content (AvgIpc) is 3.37. The van der Waals surface area contributed by atoms with Crippen LogP contribution in [0.15, 0.2) is 24.3 Å². The standard InChI is InChI=1S/C18H25FN2O.ClH/c19-16-6-3-14(4-7-16)5-8-18(22)21-11-9-17(10-12-21)20-13-15-1-2-15;/h3-4,6-7,15,17,20H,1-2,5,8-13H2;1H. The Hall–Kier alpha value is -1.13. The minimum atomic E-state index is -0.226. The van der Waals surface area contributed by atoms with Gasteiger partial charge >= 0.3 is 0 Å². The van der Waals surface area contributed by atoms with Crippen LogP contribution in [0.5, 0.6) is 0 Å². The Morgan fingerprint density at radius 1 is 1.13 bits per heavy atom. The highest BCUT2D eigenvalue weighted by Crippen LogP contribution is 2.28. The van der Waals surface area contributed by atoms with Crippen LogP contribution in [-0.4, -0.2) is 36.5 Å². The smallest absolute Gasteiger partial charge is 0.222 e. The van der Waals surface area contributed by atoms with E-state index in [2.05, 4.69) is 5.32 Å². The van der Waals surface area contributed by atoms with Gasteiger partial charge < -0.3 is 10.2 Å². The number of rotatable bonds is 6. The third kappa shape index (κ3) is 5.78. The largest absolute Gasteiger partial charge is 0.343 e. The maximum Gasteiger partial charge on any atom is 0.222 e. The van der Waals surface area contributed by atoms with Crippen LogP contribution in [0, 0.1) is 11.7 Å². The summed E-state index contributed by atoms with van der Waals surface area (Å²) in [5.41, 5.74) is 1.02. The van der Waals surface area contributed by atoms with Crippen molar-refractivity contribution in [3.8, 4) is 0 Å². The van der Waals surface area contributed by atoms with Gasteiger partial charge in [0.2, 0.25) is 5.91 Å². The van der Waals surface area contributed by atoms with Crippen LogP contribution in [0.25, 0.3) is 0 Å². The lowest BCUT2D eigenvalue weighted by Gasteiger charge is -2.32.